The number of hydrogen-bond acceptors (Lipinski definition) is 7. The number of rotatable bonds is 4. The van der Waals surface area contributed by atoms with Crippen LogP contribution in [0.3, 0.4) is 0 Å². The van der Waals surface area contributed by atoms with E-state index in [1.807, 2.05) is 0 Å². The number of hydrogen-bond donors (Lipinski definition) is 0. The average Bonchev–Trinajstić information content (AvgIpc) is 2.98. The zero-order valence-electron chi connectivity index (χ0n) is 9.28. The van der Waals surface area contributed by atoms with E-state index in [1.54, 1.807) is 6.92 Å². The first-order valence-corrected chi connectivity index (χ1v) is 4.98. The van der Waals surface area contributed by atoms with Gasteiger partial charge in [0, 0.05) is 0 Å². The molecule has 0 unspecified atom stereocenters. The Bertz CT molecular complexity index is 585. The average molecular weight is 252 g/mol. The van der Waals surface area contributed by atoms with Crippen molar-refractivity contribution < 1.29 is 23.3 Å². The van der Waals surface area contributed by atoms with Gasteiger partial charge in [0.1, 0.15) is 4.92 Å². The number of nitrogens with zero attached hydrogens (tertiary/aromatic N) is 2. The molecule has 2 aromatic rings. The number of esters is 1. The Balaban J connectivity index is 2.36. The fourth-order valence-electron chi connectivity index (χ4n) is 1.31. The Labute approximate surface area is 100 Å². The molecule has 0 aliphatic rings. The smallest absolute Gasteiger partial charge is 0.433 e. The largest absolute Gasteiger partial charge is 0.461 e. The Morgan fingerprint density at radius 1 is 1.56 bits per heavy atom. The van der Waals surface area contributed by atoms with Gasteiger partial charge in [-0.3, -0.25) is 10.1 Å². The number of aromatic nitrogens is 1. The molecule has 8 heteroatoms. The van der Waals surface area contributed by atoms with Gasteiger partial charge in [0.05, 0.1) is 12.7 Å². The molecule has 0 N–H and O–H groups in total. The maximum atomic E-state index is 11.5. The molecule has 94 valence electrons. The van der Waals surface area contributed by atoms with Gasteiger partial charge in [-0.2, -0.15) is 0 Å². The third-order valence-electron chi connectivity index (χ3n) is 2.03. The lowest BCUT2D eigenvalue weighted by molar-refractivity contribution is -0.401. The standard InChI is InChI=1S/C10H8N2O6/c1-2-16-10(13)8-9(17-5-11-8)6-3-4-7(18-6)12(14)15/h3-5H,2H2,1H3. The van der Waals surface area contributed by atoms with Gasteiger partial charge in [0.25, 0.3) is 0 Å². The topological polar surface area (TPSA) is 109 Å². The highest BCUT2D eigenvalue weighted by Gasteiger charge is 2.23. The van der Waals surface area contributed by atoms with Gasteiger partial charge in [-0.25, -0.2) is 9.78 Å². The molecule has 0 atom stereocenters. The number of carbonyl (C=O) groups is 1. The van der Waals surface area contributed by atoms with Gasteiger partial charge >= 0.3 is 11.9 Å². The first-order chi connectivity index (χ1) is 8.63. The quantitative estimate of drug-likeness (QED) is 0.465. The molecule has 0 aliphatic heterocycles. The van der Waals surface area contributed by atoms with Crippen molar-refractivity contribution in [2.45, 2.75) is 6.92 Å². The summed E-state index contributed by atoms with van der Waals surface area (Å²) < 4.78 is 14.7. The van der Waals surface area contributed by atoms with Crippen molar-refractivity contribution >= 4 is 11.9 Å². The summed E-state index contributed by atoms with van der Waals surface area (Å²) in [7, 11) is 0. The SMILES string of the molecule is CCOC(=O)c1ncoc1-c1ccc([N+](=O)[O-])o1. The van der Waals surface area contributed by atoms with E-state index in [2.05, 4.69) is 4.98 Å². The fraction of sp³-hybridized carbons (Fsp3) is 0.200. The first-order valence-electron chi connectivity index (χ1n) is 4.98. The molecule has 18 heavy (non-hydrogen) atoms. The van der Waals surface area contributed by atoms with E-state index in [9.17, 15) is 14.9 Å². The summed E-state index contributed by atoms with van der Waals surface area (Å²) in [5, 5.41) is 10.5. The molecule has 0 saturated heterocycles. The maximum Gasteiger partial charge on any atom is 0.433 e. The monoisotopic (exact) mass is 252 g/mol. The third kappa shape index (κ3) is 2.08. The fourth-order valence-corrected chi connectivity index (χ4v) is 1.31. The molecule has 0 aliphatic carbocycles. The Morgan fingerprint density at radius 2 is 2.33 bits per heavy atom. The Hall–Kier alpha value is -2.64. The molecular formula is C10H8N2O6. The minimum absolute atomic E-state index is 0.00144. The molecule has 2 rings (SSSR count). The Morgan fingerprint density at radius 3 is 2.94 bits per heavy atom. The van der Waals surface area contributed by atoms with Crippen molar-refractivity contribution in [2.24, 2.45) is 0 Å². The van der Waals surface area contributed by atoms with E-state index in [1.165, 1.54) is 6.07 Å². The molecule has 0 amide bonds. The van der Waals surface area contributed by atoms with Crippen LogP contribution in [0.2, 0.25) is 0 Å². The lowest BCUT2D eigenvalue weighted by Gasteiger charge is -1.98. The van der Waals surface area contributed by atoms with E-state index in [0.29, 0.717) is 0 Å². The van der Waals surface area contributed by atoms with Gasteiger partial charge in [0.15, 0.2) is 17.8 Å². The van der Waals surface area contributed by atoms with Gasteiger partial charge in [-0.15, -0.1) is 0 Å². The van der Waals surface area contributed by atoms with E-state index >= 15 is 0 Å². The number of nitro groups is 1. The third-order valence-corrected chi connectivity index (χ3v) is 2.03. The summed E-state index contributed by atoms with van der Waals surface area (Å²) in [5.41, 5.74) is -0.0823. The van der Waals surface area contributed by atoms with Gasteiger partial charge in [0.2, 0.25) is 5.76 Å². The van der Waals surface area contributed by atoms with Crippen molar-refractivity contribution in [1.29, 1.82) is 0 Å². The molecule has 2 heterocycles. The van der Waals surface area contributed by atoms with Crippen LogP contribution in [-0.4, -0.2) is 22.5 Å². The lowest BCUT2D eigenvalue weighted by atomic mass is 10.3. The minimum atomic E-state index is -0.691. The summed E-state index contributed by atoms with van der Waals surface area (Å²) in [5.74, 6) is -1.08. The van der Waals surface area contributed by atoms with Gasteiger partial charge < -0.3 is 13.6 Å². The van der Waals surface area contributed by atoms with Crippen molar-refractivity contribution in [3.05, 3.63) is 34.3 Å². The van der Waals surface area contributed by atoms with Crippen LogP contribution in [0, 0.1) is 10.1 Å². The number of oxazole rings is 1. The van der Waals surface area contributed by atoms with Crippen molar-refractivity contribution in [3.8, 4) is 11.5 Å². The van der Waals surface area contributed by atoms with E-state index in [-0.39, 0.29) is 23.8 Å². The van der Waals surface area contributed by atoms with Crippen molar-refractivity contribution in [3.63, 3.8) is 0 Å². The van der Waals surface area contributed by atoms with Crippen LogP contribution in [-0.2, 0) is 4.74 Å². The van der Waals surface area contributed by atoms with Crippen LogP contribution < -0.4 is 0 Å². The van der Waals surface area contributed by atoms with Crippen LogP contribution in [0.15, 0.2) is 27.4 Å². The zero-order chi connectivity index (χ0) is 13.1. The molecule has 0 bridgehead atoms. The normalized spacial score (nSPS) is 10.3. The number of ether oxygens (including phenoxy) is 1. The van der Waals surface area contributed by atoms with Crippen LogP contribution in [0.1, 0.15) is 17.4 Å². The molecule has 2 aromatic heterocycles. The van der Waals surface area contributed by atoms with Gasteiger partial charge in [-0.05, 0) is 13.0 Å². The predicted octanol–water partition coefficient (Wildman–Crippen LogP) is 2.02. The molecule has 0 radical (unpaired) electrons. The first kappa shape index (κ1) is 11.8. The summed E-state index contributed by atoms with van der Waals surface area (Å²) in [6.07, 6.45) is 1.04. The highest BCUT2D eigenvalue weighted by molar-refractivity contribution is 5.92. The van der Waals surface area contributed by atoms with Crippen LogP contribution >= 0.6 is 0 Å². The summed E-state index contributed by atoms with van der Waals surface area (Å²) in [6, 6.07) is 2.48. The molecule has 0 saturated carbocycles. The van der Waals surface area contributed by atoms with Crippen LogP contribution in [0.5, 0.6) is 0 Å². The Kier molecular flexibility index (Phi) is 3.09. The van der Waals surface area contributed by atoms with Gasteiger partial charge in [-0.1, -0.05) is 0 Å². The maximum absolute atomic E-state index is 11.5. The second-order valence-corrected chi connectivity index (χ2v) is 3.15. The predicted molar refractivity (Wildman–Crippen MR) is 56.8 cm³/mol. The highest BCUT2D eigenvalue weighted by atomic mass is 16.6. The van der Waals surface area contributed by atoms with E-state index in [0.717, 1.165) is 12.5 Å². The second kappa shape index (κ2) is 4.70. The molecule has 0 fully saturated rings. The lowest BCUT2D eigenvalue weighted by Crippen LogP contribution is -2.06. The molecular weight excluding hydrogens is 244 g/mol. The summed E-state index contributed by atoms with van der Waals surface area (Å²) >= 11 is 0. The molecule has 0 aromatic carbocycles. The van der Waals surface area contributed by atoms with E-state index < -0.39 is 16.8 Å². The van der Waals surface area contributed by atoms with Crippen molar-refractivity contribution in [1.82, 2.24) is 4.98 Å². The summed E-state index contributed by atoms with van der Waals surface area (Å²) in [4.78, 5) is 25.0. The molecule has 0 spiro atoms. The zero-order valence-corrected chi connectivity index (χ0v) is 9.28. The summed E-state index contributed by atoms with van der Waals surface area (Å²) in [6.45, 7) is 1.83. The minimum Gasteiger partial charge on any atom is -0.461 e. The molecule has 8 nitrogen and oxygen atoms in total. The highest BCUT2D eigenvalue weighted by Crippen LogP contribution is 2.28. The van der Waals surface area contributed by atoms with Crippen molar-refractivity contribution in [2.75, 3.05) is 6.61 Å². The number of carbonyl (C=O) groups excluding carboxylic acids is 1. The van der Waals surface area contributed by atoms with Crippen LogP contribution in [0.4, 0.5) is 5.88 Å². The second-order valence-electron chi connectivity index (χ2n) is 3.15. The number of furan rings is 1. The van der Waals surface area contributed by atoms with E-state index in [4.69, 9.17) is 13.6 Å². The van der Waals surface area contributed by atoms with Crippen LogP contribution in [0.25, 0.3) is 11.5 Å².